The van der Waals surface area contributed by atoms with Crippen molar-refractivity contribution in [2.45, 2.75) is 6.42 Å². The fourth-order valence-corrected chi connectivity index (χ4v) is 1.85. The zero-order chi connectivity index (χ0) is 13.1. The minimum absolute atomic E-state index is 0.0666. The molecule has 0 atom stereocenters. The molecule has 0 saturated heterocycles. The zero-order valence-electron chi connectivity index (χ0n) is 9.23. The molecular formula is C13H9ClFNO2. The number of aromatic carboxylic acids is 1. The van der Waals surface area contributed by atoms with Crippen LogP contribution in [-0.4, -0.2) is 16.1 Å². The van der Waals surface area contributed by atoms with Crippen LogP contribution in [0, 0.1) is 5.82 Å². The van der Waals surface area contributed by atoms with Gasteiger partial charge in [-0.25, -0.2) is 9.18 Å². The number of hydrogen-bond donors (Lipinski definition) is 1. The van der Waals surface area contributed by atoms with Gasteiger partial charge < -0.3 is 5.11 Å². The van der Waals surface area contributed by atoms with E-state index >= 15 is 0 Å². The molecule has 3 nitrogen and oxygen atoms in total. The molecule has 2 rings (SSSR count). The Morgan fingerprint density at radius 3 is 2.83 bits per heavy atom. The molecule has 0 bridgehead atoms. The third-order valence-corrected chi connectivity index (χ3v) is 2.77. The van der Waals surface area contributed by atoms with Gasteiger partial charge in [-0.2, -0.15) is 0 Å². The number of halogens is 2. The largest absolute Gasteiger partial charge is 0.478 e. The Hall–Kier alpha value is -1.94. The van der Waals surface area contributed by atoms with Crippen LogP contribution in [-0.2, 0) is 6.42 Å². The van der Waals surface area contributed by atoms with Crippen molar-refractivity contribution in [3.8, 4) is 0 Å². The Kier molecular flexibility index (Phi) is 3.58. The summed E-state index contributed by atoms with van der Waals surface area (Å²) in [7, 11) is 0. The first-order valence-electron chi connectivity index (χ1n) is 5.18. The first-order valence-corrected chi connectivity index (χ1v) is 5.56. The molecule has 0 aliphatic heterocycles. The van der Waals surface area contributed by atoms with Gasteiger partial charge in [0.1, 0.15) is 5.82 Å². The van der Waals surface area contributed by atoms with Gasteiger partial charge in [-0.1, -0.05) is 11.6 Å². The quantitative estimate of drug-likeness (QED) is 0.927. The Morgan fingerprint density at radius 2 is 2.11 bits per heavy atom. The highest BCUT2D eigenvalue weighted by molar-refractivity contribution is 6.30. The van der Waals surface area contributed by atoms with Crippen molar-refractivity contribution in [1.29, 1.82) is 0 Å². The van der Waals surface area contributed by atoms with Gasteiger partial charge >= 0.3 is 5.97 Å². The lowest BCUT2D eigenvalue weighted by atomic mass is 10.0. The summed E-state index contributed by atoms with van der Waals surface area (Å²) in [6.45, 7) is 0. The van der Waals surface area contributed by atoms with Crippen LogP contribution in [0.1, 0.15) is 21.5 Å². The van der Waals surface area contributed by atoms with E-state index in [-0.39, 0.29) is 12.0 Å². The molecule has 1 N–H and O–H groups in total. The normalized spacial score (nSPS) is 10.3. The second kappa shape index (κ2) is 5.14. The second-order valence-electron chi connectivity index (χ2n) is 3.75. The SMILES string of the molecule is O=C(O)c1cnccc1Cc1cc(Cl)ccc1F. The van der Waals surface area contributed by atoms with Crippen molar-refractivity contribution in [2.75, 3.05) is 0 Å². The van der Waals surface area contributed by atoms with Crippen molar-refractivity contribution in [3.05, 3.63) is 64.2 Å². The number of carboxylic acids is 1. The molecule has 0 radical (unpaired) electrons. The predicted octanol–water partition coefficient (Wildman–Crippen LogP) is 3.16. The highest BCUT2D eigenvalue weighted by atomic mass is 35.5. The fraction of sp³-hybridized carbons (Fsp3) is 0.0769. The molecule has 0 spiro atoms. The predicted molar refractivity (Wildman–Crippen MR) is 65.4 cm³/mol. The Balaban J connectivity index is 2.40. The molecule has 5 heteroatoms. The summed E-state index contributed by atoms with van der Waals surface area (Å²) in [6, 6.07) is 5.76. The van der Waals surface area contributed by atoms with Gasteiger partial charge in [0.25, 0.3) is 0 Å². The molecule has 0 aliphatic rings. The number of hydrogen-bond acceptors (Lipinski definition) is 2. The Bertz CT molecular complexity index is 601. The maximum atomic E-state index is 13.6. The van der Waals surface area contributed by atoms with Crippen molar-refractivity contribution < 1.29 is 14.3 Å². The van der Waals surface area contributed by atoms with Crippen LogP contribution in [0.3, 0.4) is 0 Å². The van der Waals surface area contributed by atoms with Crippen molar-refractivity contribution in [2.24, 2.45) is 0 Å². The van der Waals surface area contributed by atoms with Crippen molar-refractivity contribution in [1.82, 2.24) is 4.98 Å². The molecule has 18 heavy (non-hydrogen) atoms. The van der Waals surface area contributed by atoms with Crippen LogP contribution < -0.4 is 0 Å². The van der Waals surface area contributed by atoms with E-state index < -0.39 is 11.8 Å². The van der Waals surface area contributed by atoms with Crippen LogP contribution in [0.5, 0.6) is 0 Å². The maximum Gasteiger partial charge on any atom is 0.337 e. The van der Waals surface area contributed by atoms with E-state index in [2.05, 4.69) is 4.98 Å². The van der Waals surface area contributed by atoms with Gasteiger partial charge in [-0.15, -0.1) is 0 Å². The lowest BCUT2D eigenvalue weighted by Gasteiger charge is -2.07. The Morgan fingerprint density at radius 1 is 1.33 bits per heavy atom. The summed E-state index contributed by atoms with van der Waals surface area (Å²) in [6.07, 6.45) is 2.89. The van der Waals surface area contributed by atoms with Gasteiger partial charge in [0.15, 0.2) is 0 Å². The number of carbonyl (C=O) groups is 1. The number of aromatic nitrogens is 1. The molecule has 92 valence electrons. The van der Waals surface area contributed by atoms with E-state index in [1.165, 1.54) is 30.6 Å². The fourth-order valence-electron chi connectivity index (χ4n) is 1.65. The average molecular weight is 266 g/mol. The average Bonchev–Trinajstić information content (AvgIpc) is 2.34. The maximum absolute atomic E-state index is 13.6. The number of pyridine rings is 1. The van der Waals surface area contributed by atoms with E-state index in [9.17, 15) is 9.18 Å². The van der Waals surface area contributed by atoms with Gasteiger partial charge in [0.2, 0.25) is 0 Å². The first kappa shape index (κ1) is 12.5. The monoisotopic (exact) mass is 265 g/mol. The van der Waals surface area contributed by atoms with Crippen LogP contribution in [0.4, 0.5) is 4.39 Å². The Labute approximate surface area is 108 Å². The highest BCUT2D eigenvalue weighted by Crippen LogP contribution is 2.19. The van der Waals surface area contributed by atoms with Crippen molar-refractivity contribution in [3.63, 3.8) is 0 Å². The topological polar surface area (TPSA) is 50.2 Å². The molecule has 0 amide bonds. The molecule has 1 aromatic heterocycles. The smallest absolute Gasteiger partial charge is 0.337 e. The van der Waals surface area contributed by atoms with Gasteiger partial charge in [0.05, 0.1) is 5.56 Å². The van der Waals surface area contributed by atoms with E-state index in [1.807, 2.05) is 0 Å². The van der Waals surface area contributed by atoms with Crippen LogP contribution >= 0.6 is 11.6 Å². The number of benzene rings is 1. The minimum atomic E-state index is -1.08. The molecule has 1 aromatic carbocycles. The molecule has 0 aliphatic carbocycles. The van der Waals surface area contributed by atoms with Gasteiger partial charge in [-0.3, -0.25) is 4.98 Å². The summed E-state index contributed by atoms with van der Waals surface area (Å²) in [5, 5.41) is 9.42. The van der Waals surface area contributed by atoms with Crippen molar-refractivity contribution >= 4 is 17.6 Å². The second-order valence-corrected chi connectivity index (χ2v) is 4.19. The number of carboxylic acid groups (broad SMARTS) is 1. The summed E-state index contributed by atoms with van der Waals surface area (Å²) in [4.78, 5) is 14.8. The molecule has 0 fully saturated rings. The lowest BCUT2D eigenvalue weighted by Crippen LogP contribution is -2.04. The van der Waals surface area contributed by atoms with E-state index in [4.69, 9.17) is 16.7 Å². The standard InChI is InChI=1S/C13H9ClFNO2/c14-10-1-2-12(15)9(6-10)5-8-3-4-16-7-11(8)13(17)18/h1-4,6-7H,5H2,(H,17,18). The zero-order valence-corrected chi connectivity index (χ0v) is 9.99. The van der Waals surface area contributed by atoms with Gasteiger partial charge in [-0.05, 0) is 35.4 Å². The van der Waals surface area contributed by atoms with Crippen LogP contribution in [0.15, 0.2) is 36.7 Å². The summed E-state index contributed by atoms with van der Waals surface area (Å²) < 4.78 is 13.6. The van der Waals surface area contributed by atoms with Crippen LogP contribution in [0.2, 0.25) is 5.02 Å². The molecule has 0 unspecified atom stereocenters. The van der Waals surface area contributed by atoms with E-state index in [0.717, 1.165) is 0 Å². The van der Waals surface area contributed by atoms with Gasteiger partial charge in [0, 0.05) is 23.8 Å². The number of nitrogens with zero attached hydrogens (tertiary/aromatic N) is 1. The van der Waals surface area contributed by atoms with Crippen LogP contribution in [0.25, 0.3) is 0 Å². The molecule has 1 heterocycles. The summed E-state index contributed by atoms with van der Waals surface area (Å²) in [5.74, 6) is -1.49. The lowest BCUT2D eigenvalue weighted by molar-refractivity contribution is 0.0695. The summed E-state index contributed by atoms with van der Waals surface area (Å²) in [5.41, 5.74) is 0.923. The van der Waals surface area contributed by atoms with E-state index in [0.29, 0.717) is 16.1 Å². The first-order chi connectivity index (χ1) is 8.58. The highest BCUT2D eigenvalue weighted by Gasteiger charge is 2.12. The molecule has 0 saturated carbocycles. The van der Waals surface area contributed by atoms with E-state index in [1.54, 1.807) is 6.07 Å². The molecule has 2 aromatic rings. The third-order valence-electron chi connectivity index (χ3n) is 2.53. The number of rotatable bonds is 3. The third kappa shape index (κ3) is 2.65. The summed E-state index contributed by atoms with van der Waals surface area (Å²) >= 11 is 5.79. The minimum Gasteiger partial charge on any atom is -0.478 e. The molecular weight excluding hydrogens is 257 g/mol.